The summed E-state index contributed by atoms with van der Waals surface area (Å²) >= 11 is 0. The van der Waals surface area contributed by atoms with Crippen molar-refractivity contribution < 1.29 is 18.7 Å². The molecule has 2 heterocycles. The van der Waals surface area contributed by atoms with Crippen LogP contribution in [0.15, 0.2) is 33.7 Å². The van der Waals surface area contributed by atoms with Crippen LogP contribution in [0.1, 0.15) is 36.5 Å². The van der Waals surface area contributed by atoms with Gasteiger partial charge in [-0.05, 0) is 51.5 Å². The van der Waals surface area contributed by atoms with Gasteiger partial charge < -0.3 is 29.8 Å². The fourth-order valence-electron chi connectivity index (χ4n) is 3.74. The Bertz CT molecular complexity index is 904. The lowest BCUT2D eigenvalue weighted by atomic mass is 9.96. The molecular formula is C23H33FN4O3. The Morgan fingerprint density at radius 3 is 2.58 bits per heavy atom. The number of morpholine rings is 1. The molecule has 0 bridgehead atoms. The van der Waals surface area contributed by atoms with Crippen molar-refractivity contribution in [1.29, 1.82) is 0 Å². The Balaban J connectivity index is 1.65. The molecular weight excluding hydrogens is 399 g/mol. The number of hydrogen-bond donors (Lipinski definition) is 3. The van der Waals surface area contributed by atoms with Crippen LogP contribution in [-0.2, 0) is 16.9 Å². The van der Waals surface area contributed by atoms with Gasteiger partial charge in [-0.25, -0.2) is 9.38 Å². The SMILES string of the molecule is CCNC(=NCc1ccc(N2CCOCC2)c(F)c1)NCC(C)(O)c1cc(C)oc1C. The lowest BCUT2D eigenvalue weighted by Gasteiger charge is -2.29. The van der Waals surface area contributed by atoms with Gasteiger partial charge in [-0.15, -0.1) is 0 Å². The second-order valence-electron chi connectivity index (χ2n) is 8.03. The first-order valence-corrected chi connectivity index (χ1v) is 10.7. The summed E-state index contributed by atoms with van der Waals surface area (Å²) in [5.74, 6) is 1.76. The number of benzene rings is 1. The lowest BCUT2D eigenvalue weighted by molar-refractivity contribution is 0.0601. The van der Waals surface area contributed by atoms with E-state index in [1.54, 1.807) is 13.0 Å². The van der Waals surface area contributed by atoms with Gasteiger partial charge in [-0.2, -0.15) is 0 Å². The molecule has 1 saturated heterocycles. The second kappa shape index (κ2) is 10.2. The van der Waals surface area contributed by atoms with Crippen molar-refractivity contribution >= 4 is 11.6 Å². The number of halogens is 1. The molecule has 0 aliphatic carbocycles. The Hall–Kier alpha value is -2.58. The maximum absolute atomic E-state index is 14.6. The molecule has 1 aromatic heterocycles. The number of hydrogen-bond acceptors (Lipinski definition) is 5. The van der Waals surface area contributed by atoms with Crippen LogP contribution < -0.4 is 15.5 Å². The zero-order chi connectivity index (χ0) is 22.4. The summed E-state index contributed by atoms with van der Waals surface area (Å²) in [6.07, 6.45) is 0. The highest BCUT2D eigenvalue weighted by atomic mass is 19.1. The van der Waals surface area contributed by atoms with Crippen molar-refractivity contribution in [3.8, 4) is 0 Å². The number of rotatable bonds is 7. The van der Waals surface area contributed by atoms with Crippen LogP contribution in [-0.4, -0.2) is 50.5 Å². The van der Waals surface area contributed by atoms with Gasteiger partial charge in [-0.3, -0.25) is 0 Å². The van der Waals surface area contributed by atoms with Gasteiger partial charge >= 0.3 is 0 Å². The van der Waals surface area contributed by atoms with E-state index in [1.165, 1.54) is 6.07 Å². The largest absolute Gasteiger partial charge is 0.466 e. The molecule has 3 N–H and O–H groups in total. The summed E-state index contributed by atoms with van der Waals surface area (Å²) in [5, 5.41) is 17.2. The molecule has 1 aliphatic heterocycles. The van der Waals surface area contributed by atoms with E-state index < -0.39 is 5.60 Å². The van der Waals surface area contributed by atoms with E-state index in [-0.39, 0.29) is 12.4 Å². The van der Waals surface area contributed by atoms with Crippen LogP contribution in [0.2, 0.25) is 0 Å². The molecule has 7 nitrogen and oxygen atoms in total. The standard InChI is InChI=1S/C23H33FN4O3/c1-5-25-22(27-15-23(4,29)19-12-16(2)31-17(19)3)26-14-18-6-7-21(20(24)13-18)28-8-10-30-11-9-28/h6-7,12-13,29H,5,8-11,14-15H2,1-4H3,(H2,25,26,27). The lowest BCUT2D eigenvalue weighted by Crippen LogP contribution is -2.44. The van der Waals surface area contributed by atoms with E-state index in [0.29, 0.717) is 56.8 Å². The van der Waals surface area contributed by atoms with Gasteiger partial charge in [0.2, 0.25) is 0 Å². The number of anilines is 1. The smallest absolute Gasteiger partial charge is 0.191 e. The van der Waals surface area contributed by atoms with E-state index >= 15 is 0 Å². The van der Waals surface area contributed by atoms with Gasteiger partial charge in [-0.1, -0.05) is 6.07 Å². The maximum atomic E-state index is 14.6. The molecule has 1 aliphatic rings. The number of ether oxygens (including phenoxy) is 1. The summed E-state index contributed by atoms with van der Waals surface area (Å²) < 4.78 is 25.5. The summed E-state index contributed by atoms with van der Waals surface area (Å²) in [6, 6.07) is 7.08. The Kier molecular flexibility index (Phi) is 7.56. The topological polar surface area (TPSA) is 82.3 Å². The third-order valence-corrected chi connectivity index (χ3v) is 5.35. The van der Waals surface area contributed by atoms with Gasteiger partial charge in [0.25, 0.3) is 0 Å². The first-order valence-electron chi connectivity index (χ1n) is 10.7. The molecule has 1 unspecified atom stereocenters. The van der Waals surface area contributed by atoms with E-state index in [9.17, 15) is 9.50 Å². The highest BCUT2D eigenvalue weighted by Crippen LogP contribution is 2.26. The number of nitrogens with zero attached hydrogens (tertiary/aromatic N) is 2. The molecule has 31 heavy (non-hydrogen) atoms. The van der Waals surface area contributed by atoms with Gasteiger partial charge in [0.1, 0.15) is 22.9 Å². The van der Waals surface area contributed by atoms with Crippen molar-refractivity contribution in [2.45, 2.75) is 39.8 Å². The minimum atomic E-state index is -1.12. The van der Waals surface area contributed by atoms with E-state index in [1.807, 2.05) is 37.8 Å². The van der Waals surface area contributed by atoms with Crippen molar-refractivity contribution in [1.82, 2.24) is 10.6 Å². The van der Waals surface area contributed by atoms with E-state index in [2.05, 4.69) is 15.6 Å². The highest BCUT2D eigenvalue weighted by molar-refractivity contribution is 5.79. The molecule has 8 heteroatoms. The minimum Gasteiger partial charge on any atom is -0.466 e. The van der Waals surface area contributed by atoms with Crippen molar-refractivity contribution in [3.05, 3.63) is 52.7 Å². The average Bonchev–Trinajstić information content (AvgIpc) is 3.10. The van der Waals surface area contributed by atoms with Crippen molar-refractivity contribution in [2.75, 3.05) is 44.3 Å². The van der Waals surface area contributed by atoms with Crippen LogP contribution in [0.25, 0.3) is 0 Å². The second-order valence-corrected chi connectivity index (χ2v) is 8.03. The number of nitrogens with one attached hydrogen (secondary N) is 2. The summed E-state index contributed by atoms with van der Waals surface area (Å²) in [5.41, 5.74) is 1.00. The number of furan rings is 1. The molecule has 0 saturated carbocycles. The van der Waals surface area contributed by atoms with Crippen LogP contribution >= 0.6 is 0 Å². The van der Waals surface area contributed by atoms with Gasteiger partial charge in [0, 0.05) is 25.2 Å². The van der Waals surface area contributed by atoms with E-state index in [4.69, 9.17) is 9.15 Å². The minimum absolute atomic E-state index is 0.249. The Labute approximate surface area is 183 Å². The number of aliphatic hydroxyl groups is 1. The van der Waals surface area contributed by atoms with Crippen LogP contribution in [0.5, 0.6) is 0 Å². The Morgan fingerprint density at radius 2 is 1.97 bits per heavy atom. The highest BCUT2D eigenvalue weighted by Gasteiger charge is 2.28. The third kappa shape index (κ3) is 5.98. The normalized spacial score (nSPS) is 16.8. The van der Waals surface area contributed by atoms with Crippen LogP contribution in [0, 0.1) is 19.7 Å². The van der Waals surface area contributed by atoms with Crippen LogP contribution in [0.4, 0.5) is 10.1 Å². The monoisotopic (exact) mass is 432 g/mol. The van der Waals surface area contributed by atoms with Gasteiger partial charge in [0.05, 0.1) is 32.0 Å². The first-order chi connectivity index (χ1) is 14.8. The summed E-state index contributed by atoms with van der Waals surface area (Å²) in [7, 11) is 0. The molecule has 0 spiro atoms. The number of aryl methyl sites for hydroxylation is 2. The zero-order valence-electron chi connectivity index (χ0n) is 18.8. The number of guanidine groups is 1. The molecule has 3 rings (SSSR count). The Morgan fingerprint density at radius 1 is 1.23 bits per heavy atom. The molecule has 170 valence electrons. The quantitative estimate of drug-likeness (QED) is 0.461. The maximum Gasteiger partial charge on any atom is 0.191 e. The molecule has 1 atom stereocenters. The predicted molar refractivity (Wildman–Crippen MR) is 120 cm³/mol. The van der Waals surface area contributed by atoms with Crippen molar-refractivity contribution in [2.24, 2.45) is 4.99 Å². The average molecular weight is 433 g/mol. The fourth-order valence-corrected chi connectivity index (χ4v) is 3.74. The van der Waals surface area contributed by atoms with E-state index in [0.717, 1.165) is 16.9 Å². The number of aliphatic imine (C=N–C) groups is 1. The molecule has 1 aromatic carbocycles. The molecule has 1 fully saturated rings. The van der Waals surface area contributed by atoms with Crippen LogP contribution in [0.3, 0.4) is 0 Å². The molecule has 0 radical (unpaired) electrons. The first kappa shape index (κ1) is 23.1. The van der Waals surface area contributed by atoms with Crippen molar-refractivity contribution in [3.63, 3.8) is 0 Å². The third-order valence-electron chi connectivity index (χ3n) is 5.35. The molecule has 0 amide bonds. The summed E-state index contributed by atoms with van der Waals surface area (Å²) in [4.78, 5) is 6.55. The summed E-state index contributed by atoms with van der Waals surface area (Å²) in [6.45, 7) is 11.3. The fraction of sp³-hybridized carbons (Fsp3) is 0.522. The molecule has 2 aromatic rings. The predicted octanol–water partition coefficient (Wildman–Crippen LogP) is 2.83. The van der Waals surface area contributed by atoms with Gasteiger partial charge in [0.15, 0.2) is 5.96 Å². The zero-order valence-corrected chi connectivity index (χ0v) is 18.8.